The van der Waals surface area contributed by atoms with Crippen molar-refractivity contribution in [2.24, 2.45) is 0 Å². The highest BCUT2D eigenvalue weighted by molar-refractivity contribution is 5.98. The molecule has 0 saturated carbocycles. The van der Waals surface area contributed by atoms with Crippen molar-refractivity contribution in [3.63, 3.8) is 0 Å². The van der Waals surface area contributed by atoms with E-state index in [0.717, 1.165) is 0 Å². The normalized spacial score (nSPS) is 16.3. The minimum absolute atomic E-state index is 0.00793. The van der Waals surface area contributed by atoms with Gasteiger partial charge in [-0.15, -0.1) is 0 Å². The molecule has 4 aromatic rings. The minimum Gasteiger partial charge on any atom is -0.494 e. The van der Waals surface area contributed by atoms with Crippen LogP contribution in [0, 0.1) is 5.82 Å². The zero-order valence-corrected chi connectivity index (χ0v) is 18.2. The average Bonchev–Trinajstić information content (AvgIpc) is 3.34. The first-order valence-electron chi connectivity index (χ1n) is 10.7. The summed E-state index contributed by atoms with van der Waals surface area (Å²) in [6.07, 6.45) is -0.851. The second kappa shape index (κ2) is 8.55. The summed E-state index contributed by atoms with van der Waals surface area (Å²) in [5.41, 5.74) is 2.33. The topological polar surface area (TPSA) is 51.1 Å². The molecule has 0 aliphatic carbocycles. The van der Waals surface area contributed by atoms with Gasteiger partial charge < -0.3 is 9.64 Å². The van der Waals surface area contributed by atoms with E-state index in [1.165, 1.54) is 24.1 Å². The Balaban J connectivity index is 1.78. The second-order valence-electron chi connectivity index (χ2n) is 8.09. The number of hydrogen-bond donors (Lipinski definition) is 0. The van der Waals surface area contributed by atoms with E-state index < -0.39 is 12.2 Å². The number of pyridine rings is 1. The van der Waals surface area contributed by atoms with Gasteiger partial charge in [-0.3, -0.25) is 4.98 Å². The Kier molecular flexibility index (Phi) is 5.55. The summed E-state index contributed by atoms with van der Waals surface area (Å²) in [5, 5.41) is 0.433. The standard InChI is InChI=1S/C25H20F4N4O/c1-34-20-13-17(15-6-8-18(26)9-7-15)12-19-22(20)31-23(16-4-2-10-30-14-16)32-24(19)33-11-3-5-21(33)25(27,28)29/h2,4,6-10,12-14,21H,3,5,11H2,1H3. The first-order valence-corrected chi connectivity index (χ1v) is 10.7. The molecule has 2 aromatic heterocycles. The number of fused-ring (bicyclic) bond motifs is 1. The molecular weight excluding hydrogens is 448 g/mol. The SMILES string of the molecule is COc1cc(-c2ccc(F)cc2)cc2c(N3CCCC3C(F)(F)F)nc(-c3cccnc3)nc12. The van der Waals surface area contributed by atoms with Crippen LogP contribution < -0.4 is 9.64 Å². The van der Waals surface area contributed by atoms with Crippen LogP contribution >= 0.6 is 0 Å². The molecule has 1 atom stereocenters. The molecular formula is C25H20F4N4O. The molecule has 1 unspecified atom stereocenters. The summed E-state index contributed by atoms with van der Waals surface area (Å²) in [7, 11) is 1.48. The Labute approximate surface area is 193 Å². The van der Waals surface area contributed by atoms with Crippen LogP contribution in [0.15, 0.2) is 60.9 Å². The number of nitrogens with zero attached hydrogens (tertiary/aromatic N) is 4. The van der Waals surface area contributed by atoms with E-state index in [9.17, 15) is 17.6 Å². The van der Waals surface area contributed by atoms with Gasteiger partial charge in [0.25, 0.3) is 0 Å². The fourth-order valence-corrected chi connectivity index (χ4v) is 4.35. The molecule has 0 N–H and O–H groups in total. The van der Waals surface area contributed by atoms with Crippen LogP contribution in [0.3, 0.4) is 0 Å². The number of anilines is 1. The number of ether oxygens (including phenoxy) is 1. The van der Waals surface area contributed by atoms with E-state index in [4.69, 9.17) is 4.74 Å². The number of rotatable bonds is 4. The number of halogens is 4. The first-order chi connectivity index (χ1) is 16.3. The van der Waals surface area contributed by atoms with Crippen LogP contribution in [0.25, 0.3) is 33.4 Å². The smallest absolute Gasteiger partial charge is 0.408 e. The average molecular weight is 468 g/mol. The summed E-state index contributed by atoms with van der Waals surface area (Å²) in [4.78, 5) is 14.6. The molecule has 1 saturated heterocycles. The predicted octanol–water partition coefficient (Wildman–Crippen LogP) is 6.04. The highest BCUT2D eigenvalue weighted by atomic mass is 19.4. The largest absolute Gasteiger partial charge is 0.494 e. The van der Waals surface area contributed by atoms with Crippen LogP contribution in [-0.2, 0) is 0 Å². The molecule has 0 radical (unpaired) electrons. The Morgan fingerprint density at radius 1 is 1.00 bits per heavy atom. The quantitative estimate of drug-likeness (QED) is 0.342. The van der Waals surface area contributed by atoms with E-state index >= 15 is 0 Å². The molecule has 0 bridgehead atoms. The van der Waals surface area contributed by atoms with Crippen molar-refractivity contribution in [3.05, 3.63) is 66.7 Å². The van der Waals surface area contributed by atoms with E-state index in [-0.39, 0.29) is 30.4 Å². The van der Waals surface area contributed by atoms with Gasteiger partial charge in [0.1, 0.15) is 28.9 Å². The van der Waals surface area contributed by atoms with E-state index in [1.807, 2.05) is 0 Å². The molecule has 3 heterocycles. The third-order valence-corrected chi connectivity index (χ3v) is 5.97. The maximum Gasteiger partial charge on any atom is 0.408 e. The highest BCUT2D eigenvalue weighted by Crippen LogP contribution is 2.41. The van der Waals surface area contributed by atoms with Crippen molar-refractivity contribution in [3.8, 4) is 28.3 Å². The minimum atomic E-state index is -4.40. The first kappa shape index (κ1) is 22.1. The van der Waals surface area contributed by atoms with Gasteiger partial charge >= 0.3 is 6.18 Å². The van der Waals surface area contributed by atoms with Crippen LogP contribution in [0.5, 0.6) is 5.75 Å². The van der Waals surface area contributed by atoms with Gasteiger partial charge in [0.05, 0.1) is 7.11 Å². The van der Waals surface area contributed by atoms with Crippen molar-refractivity contribution >= 4 is 16.7 Å². The van der Waals surface area contributed by atoms with Gasteiger partial charge in [-0.05, 0) is 60.4 Å². The maximum atomic E-state index is 13.9. The molecule has 1 aliphatic heterocycles. The van der Waals surface area contributed by atoms with Crippen molar-refractivity contribution in [1.29, 1.82) is 0 Å². The molecule has 9 heteroatoms. The fourth-order valence-electron chi connectivity index (χ4n) is 4.35. The van der Waals surface area contributed by atoms with E-state index in [0.29, 0.717) is 39.8 Å². The summed E-state index contributed by atoms with van der Waals surface area (Å²) in [6.45, 7) is 0.214. The van der Waals surface area contributed by atoms with E-state index in [1.54, 1.807) is 48.8 Å². The summed E-state index contributed by atoms with van der Waals surface area (Å²) < 4.78 is 60.7. The fraction of sp³-hybridized carbons (Fsp3) is 0.240. The lowest BCUT2D eigenvalue weighted by Gasteiger charge is -2.29. The number of aromatic nitrogens is 3. The zero-order valence-electron chi connectivity index (χ0n) is 18.2. The van der Waals surface area contributed by atoms with Crippen molar-refractivity contribution < 1.29 is 22.3 Å². The van der Waals surface area contributed by atoms with Crippen LogP contribution in [0.1, 0.15) is 12.8 Å². The third-order valence-electron chi connectivity index (χ3n) is 5.97. The lowest BCUT2D eigenvalue weighted by Crippen LogP contribution is -2.41. The lowest BCUT2D eigenvalue weighted by molar-refractivity contribution is -0.146. The lowest BCUT2D eigenvalue weighted by atomic mass is 10.0. The van der Waals surface area contributed by atoms with Crippen molar-refractivity contribution in [2.75, 3.05) is 18.6 Å². The maximum absolute atomic E-state index is 13.9. The molecule has 174 valence electrons. The van der Waals surface area contributed by atoms with Crippen molar-refractivity contribution in [1.82, 2.24) is 15.0 Å². The molecule has 5 nitrogen and oxygen atoms in total. The highest BCUT2D eigenvalue weighted by Gasteiger charge is 2.47. The monoisotopic (exact) mass is 468 g/mol. The summed E-state index contributed by atoms with van der Waals surface area (Å²) in [5.74, 6) is 0.447. The van der Waals surface area contributed by atoms with Crippen LogP contribution in [0.2, 0.25) is 0 Å². The summed E-state index contributed by atoms with van der Waals surface area (Å²) >= 11 is 0. The summed E-state index contributed by atoms with van der Waals surface area (Å²) in [6, 6.07) is 11.2. The van der Waals surface area contributed by atoms with Gasteiger partial charge in [0.15, 0.2) is 5.82 Å². The number of alkyl halides is 3. The molecule has 0 spiro atoms. The number of methoxy groups -OCH3 is 1. The Morgan fingerprint density at radius 2 is 1.79 bits per heavy atom. The Hall–Kier alpha value is -3.75. The van der Waals surface area contributed by atoms with Gasteiger partial charge in [-0.1, -0.05) is 12.1 Å². The Morgan fingerprint density at radius 3 is 2.47 bits per heavy atom. The van der Waals surface area contributed by atoms with Gasteiger partial charge in [-0.2, -0.15) is 13.2 Å². The van der Waals surface area contributed by atoms with Crippen LogP contribution in [0.4, 0.5) is 23.4 Å². The zero-order chi connectivity index (χ0) is 23.9. The van der Waals surface area contributed by atoms with Crippen molar-refractivity contribution in [2.45, 2.75) is 25.1 Å². The Bertz CT molecular complexity index is 1330. The van der Waals surface area contributed by atoms with Gasteiger partial charge in [-0.25, -0.2) is 14.4 Å². The van der Waals surface area contributed by atoms with Crippen LogP contribution in [-0.4, -0.2) is 40.8 Å². The van der Waals surface area contributed by atoms with Gasteiger partial charge in [0, 0.05) is 29.9 Å². The molecule has 34 heavy (non-hydrogen) atoms. The molecule has 1 fully saturated rings. The number of benzene rings is 2. The second-order valence-corrected chi connectivity index (χ2v) is 8.09. The molecule has 1 aliphatic rings. The molecule has 2 aromatic carbocycles. The molecule has 0 amide bonds. The van der Waals surface area contributed by atoms with Gasteiger partial charge in [0.2, 0.25) is 0 Å². The number of hydrogen-bond acceptors (Lipinski definition) is 5. The molecule has 5 rings (SSSR count). The van der Waals surface area contributed by atoms with E-state index in [2.05, 4.69) is 15.0 Å². The third kappa shape index (κ3) is 4.02. The predicted molar refractivity (Wildman–Crippen MR) is 121 cm³/mol.